The van der Waals surface area contributed by atoms with Crippen LogP contribution in [-0.4, -0.2) is 54.7 Å². The van der Waals surface area contributed by atoms with Gasteiger partial charge in [-0.2, -0.15) is 0 Å². The number of halogens is 2. The molecule has 1 fully saturated rings. The average molecular weight is 469 g/mol. The highest BCUT2D eigenvalue weighted by atomic mass is 35.5. The predicted octanol–water partition coefficient (Wildman–Crippen LogP) is 4.13. The first-order valence-electron chi connectivity index (χ1n) is 10.4. The average Bonchev–Trinajstić information content (AvgIpc) is 2.74. The number of nitrogens with zero attached hydrogens (tertiary/aromatic N) is 1. The number of benzene rings is 2. The van der Waals surface area contributed by atoms with Gasteiger partial charge in [0.1, 0.15) is 18.5 Å². The molecule has 0 aliphatic carbocycles. The van der Waals surface area contributed by atoms with Crippen molar-refractivity contribution in [1.82, 2.24) is 10.2 Å². The maximum atomic E-state index is 12.1. The van der Waals surface area contributed by atoms with Gasteiger partial charge in [-0.3, -0.25) is 9.69 Å². The molecule has 0 amide bonds. The van der Waals surface area contributed by atoms with Crippen LogP contribution in [0.2, 0.25) is 0 Å². The van der Waals surface area contributed by atoms with Gasteiger partial charge in [0, 0.05) is 38.6 Å². The number of aliphatic hydroxyl groups is 1. The second-order valence-corrected chi connectivity index (χ2v) is 7.80. The molecule has 0 aromatic heterocycles. The molecule has 7 heteroatoms. The van der Waals surface area contributed by atoms with Gasteiger partial charge in [0.2, 0.25) is 0 Å². The van der Waals surface area contributed by atoms with Gasteiger partial charge in [0.15, 0.2) is 5.78 Å². The third kappa shape index (κ3) is 7.19. The summed E-state index contributed by atoms with van der Waals surface area (Å²) in [5, 5.41) is 14.1. The Labute approximate surface area is 198 Å². The Hall–Kier alpha value is -1.63. The molecule has 0 spiro atoms. The Morgan fingerprint density at radius 3 is 2.65 bits per heavy atom. The Balaban J connectivity index is 0.00000240. The van der Waals surface area contributed by atoms with E-state index < -0.39 is 6.10 Å². The summed E-state index contributed by atoms with van der Waals surface area (Å²) >= 11 is 0. The van der Waals surface area contributed by atoms with Crippen molar-refractivity contribution in [2.24, 2.45) is 0 Å². The molecule has 0 saturated carbocycles. The Morgan fingerprint density at radius 1 is 1.19 bits per heavy atom. The van der Waals surface area contributed by atoms with Gasteiger partial charge in [0.25, 0.3) is 0 Å². The van der Waals surface area contributed by atoms with E-state index >= 15 is 0 Å². The van der Waals surface area contributed by atoms with Crippen molar-refractivity contribution < 1.29 is 14.6 Å². The molecule has 0 bridgehead atoms. The zero-order valence-electron chi connectivity index (χ0n) is 18.5. The fraction of sp³-hybridized carbons (Fsp3) is 0.458. The summed E-state index contributed by atoms with van der Waals surface area (Å²) in [6, 6.07) is 14.1. The molecule has 1 aliphatic heterocycles. The molecular weight excluding hydrogens is 435 g/mol. The second-order valence-electron chi connectivity index (χ2n) is 7.80. The number of carbonyl (C=O) groups is 1. The molecule has 2 N–H and O–H groups in total. The van der Waals surface area contributed by atoms with Crippen LogP contribution in [-0.2, 0) is 0 Å². The van der Waals surface area contributed by atoms with Crippen molar-refractivity contribution in [3.05, 3.63) is 64.7 Å². The summed E-state index contributed by atoms with van der Waals surface area (Å²) in [5.41, 5.74) is 4.43. The van der Waals surface area contributed by atoms with Crippen LogP contribution in [0, 0.1) is 13.8 Å². The number of β-amino-alcohol motifs (C(OH)–C–C–N with tert-alkyl or cyclic N) is 1. The molecule has 5 nitrogen and oxygen atoms in total. The van der Waals surface area contributed by atoms with Crippen molar-refractivity contribution in [1.29, 1.82) is 0 Å². The van der Waals surface area contributed by atoms with Gasteiger partial charge >= 0.3 is 0 Å². The van der Waals surface area contributed by atoms with Crippen LogP contribution in [0.15, 0.2) is 42.5 Å². The number of hydrogen-bond acceptors (Lipinski definition) is 5. The van der Waals surface area contributed by atoms with Gasteiger partial charge < -0.3 is 15.2 Å². The number of aryl methyl sites for hydroxylation is 2. The van der Waals surface area contributed by atoms with Crippen molar-refractivity contribution >= 4 is 30.6 Å². The minimum absolute atomic E-state index is 0. The molecule has 3 rings (SSSR count). The number of aliphatic hydroxyl groups excluding tert-OH is 1. The van der Waals surface area contributed by atoms with Gasteiger partial charge in [-0.15, -0.1) is 24.8 Å². The van der Waals surface area contributed by atoms with Crippen LogP contribution in [0.5, 0.6) is 5.75 Å². The maximum Gasteiger partial charge on any atom is 0.166 e. The number of nitrogens with one attached hydrogen (secondary N) is 1. The van der Waals surface area contributed by atoms with E-state index in [-0.39, 0.29) is 43.2 Å². The lowest BCUT2D eigenvalue weighted by molar-refractivity contribution is 0.0433. The number of ether oxygens (including phenoxy) is 1. The third-order valence-corrected chi connectivity index (χ3v) is 5.66. The Bertz CT molecular complexity index is 847. The molecule has 1 heterocycles. The monoisotopic (exact) mass is 468 g/mol. The molecule has 2 atom stereocenters. The second kappa shape index (κ2) is 13.0. The zero-order chi connectivity index (χ0) is 20.8. The number of para-hydroxylation sites is 1. The van der Waals surface area contributed by atoms with E-state index in [9.17, 15) is 9.90 Å². The summed E-state index contributed by atoms with van der Waals surface area (Å²) in [5.74, 6) is 0.594. The Kier molecular flexibility index (Phi) is 11.5. The molecule has 172 valence electrons. The summed E-state index contributed by atoms with van der Waals surface area (Å²) in [6.07, 6.45) is -0.201. The predicted molar refractivity (Wildman–Crippen MR) is 130 cm³/mol. The molecule has 31 heavy (non-hydrogen) atoms. The minimum atomic E-state index is -0.632. The van der Waals surface area contributed by atoms with E-state index in [1.807, 2.05) is 19.1 Å². The number of hydrogen-bond donors (Lipinski definition) is 2. The van der Waals surface area contributed by atoms with Crippen LogP contribution >= 0.6 is 24.8 Å². The molecule has 2 aromatic rings. The molecule has 2 aromatic carbocycles. The molecule has 2 unspecified atom stereocenters. The first-order chi connectivity index (χ1) is 14.0. The molecule has 1 saturated heterocycles. The quantitative estimate of drug-likeness (QED) is 0.570. The van der Waals surface area contributed by atoms with Gasteiger partial charge in [-0.1, -0.05) is 37.3 Å². The lowest BCUT2D eigenvalue weighted by Crippen LogP contribution is -2.49. The summed E-state index contributed by atoms with van der Waals surface area (Å²) < 4.78 is 5.83. The summed E-state index contributed by atoms with van der Waals surface area (Å²) in [6.45, 7) is 9.44. The van der Waals surface area contributed by atoms with Gasteiger partial charge in [-0.05, 0) is 42.7 Å². The van der Waals surface area contributed by atoms with Crippen LogP contribution < -0.4 is 10.1 Å². The Morgan fingerprint density at radius 2 is 1.94 bits per heavy atom. The summed E-state index contributed by atoms with van der Waals surface area (Å²) in [7, 11) is 0. The van der Waals surface area contributed by atoms with E-state index in [1.165, 1.54) is 16.7 Å². The summed E-state index contributed by atoms with van der Waals surface area (Å²) in [4.78, 5) is 14.4. The van der Waals surface area contributed by atoms with Crippen molar-refractivity contribution in [2.45, 2.75) is 39.3 Å². The number of carbonyl (C=O) groups excluding carboxylic acids is 1. The fourth-order valence-electron chi connectivity index (χ4n) is 3.79. The topological polar surface area (TPSA) is 61.8 Å². The van der Waals surface area contributed by atoms with Crippen LogP contribution in [0.1, 0.15) is 46.4 Å². The van der Waals surface area contributed by atoms with Crippen LogP contribution in [0.3, 0.4) is 0 Å². The van der Waals surface area contributed by atoms with Crippen molar-refractivity contribution in [2.75, 3.05) is 32.8 Å². The highest BCUT2D eigenvalue weighted by Gasteiger charge is 2.26. The SMILES string of the molecule is CCC(=O)c1ccccc1OCC(O)CN1CCNCC1c1ccc(C)c(C)c1.Cl.Cl. The van der Waals surface area contributed by atoms with Crippen LogP contribution in [0.25, 0.3) is 0 Å². The lowest BCUT2D eigenvalue weighted by atomic mass is 9.98. The highest BCUT2D eigenvalue weighted by Crippen LogP contribution is 2.25. The normalized spacial score (nSPS) is 17.2. The standard InChI is InChI=1S/C24H32N2O3.2ClH/c1-4-23(28)21-7-5-6-8-24(21)29-16-20(27)15-26-12-11-25-14-22(26)19-10-9-17(2)18(3)13-19;;/h5-10,13,20,22,25,27H,4,11-12,14-16H2,1-3H3;2*1H. The zero-order valence-corrected chi connectivity index (χ0v) is 20.1. The third-order valence-electron chi connectivity index (χ3n) is 5.66. The smallest absolute Gasteiger partial charge is 0.166 e. The van der Waals surface area contributed by atoms with Gasteiger partial charge in [0.05, 0.1) is 5.56 Å². The van der Waals surface area contributed by atoms with E-state index in [0.717, 1.165) is 19.6 Å². The first-order valence-corrected chi connectivity index (χ1v) is 10.4. The largest absolute Gasteiger partial charge is 0.490 e. The molecule has 0 radical (unpaired) electrons. The fourth-order valence-corrected chi connectivity index (χ4v) is 3.79. The number of ketones is 1. The maximum absolute atomic E-state index is 12.1. The van der Waals surface area contributed by atoms with E-state index in [4.69, 9.17) is 4.74 Å². The highest BCUT2D eigenvalue weighted by molar-refractivity contribution is 5.98. The van der Waals surface area contributed by atoms with E-state index in [0.29, 0.717) is 24.3 Å². The number of Topliss-reactive ketones (excluding diaryl/α,β-unsaturated/α-hetero) is 1. The van der Waals surface area contributed by atoms with Crippen molar-refractivity contribution in [3.63, 3.8) is 0 Å². The molecule has 1 aliphatic rings. The van der Waals surface area contributed by atoms with Crippen LogP contribution in [0.4, 0.5) is 0 Å². The molecular formula is C24H34Cl2N2O3. The first kappa shape index (κ1) is 27.4. The van der Waals surface area contributed by atoms with Gasteiger partial charge in [-0.25, -0.2) is 0 Å². The number of piperazine rings is 1. The van der Waals surface area contributed by atoms with Crippen molar-refractivity contribution in [3.8, 4) is 5.75 Å². The minimum Gasteiger partial charge on any atom is -0.490 e. The van der Waals surface area contributed by atoms with E-state index in [2.05, 4.69) is 42.3 Å². The van der Waals surface area contributed by atoms with E-state index in [1.54, 1.807) is 12.1 Å². The number of rotatable bonds is 8. The lowest BCUT2D eigenvalue weighted by Gasteiger charge is -2.37.